The van der Waals surface area contributed by atoms with Crippen molar-refractivity contribution in [2.45, 2.75) is 4.90 Å². The number of guanidine groups is 1. The Kier molecular flexibility index (Phi) is 5.49. The van der Waals surface area contributed by atoms with Crippen LogP contribution in [-0.2, 0) is 0 Å². The van der Waals surface area contributed by atoms with Crippen molar-refractivity contribution in [2.24, 2.45) is 10.7 Å². The van der Waals surface area contributed by atoms with Crippen LogP contribution in [0.1, 0.15) is 0 Å². The van der Waals surface area contributed by atoms with E-state index in [4.69, 9.17) is 17.3 Å². The molecule has 0 spiro atoms. The van der Waals surface area contributed by atoms with Crippen LogP contribution in [0.2, 0.25) is 0 Å². The molecule has 3 nitrogen and oxygen atoms in total. The van der Waals surface area contributed by atoms with E-state index >= 15 is 0 Å². The lowest BCUT2D eigenvalue weighted by Gasteiger charge is -2.10. The second-order valence-electron chi connectivity index (χ2n) is 3.40. The first kappa shape index (κ1) is 13.2. The van der Waals surface area contributed by atoms with Gasteiger partial charge in [0.05, 0.1) is 5.69 Å². The van der Waals surface area contributed by atoms with Crippen molar-refractivity contribution in [2.75, 3.05) is 25.7 Å². The number of thioether (sulfide) groups is 1. The Hall–Kier alpha value is -0.870. The number of hydrogen-bond acceptors (Lipinski definition) is 2. The zero-order valence-corrected chi connectivity index (χ0v) is 11.1. The van der Waals surface area contributed by atoms with Gasteiger partial charge in [-0.15, -0.1) is 23.4 Å². The van der Waals surface area contributed by atoms with Gasteiger partial charge in [0.2, 0.25) is 0 Å². The second kappa shape index (κ2) is 6.66. The van der Waals surface area contributed by atoms with Crippen LogP contribution in [0.25, 0.3) is 0 Å². The quantitative estimate of drug-likeness (QED) is 0.390. The molecule has 1 aromatic carbocycles. The van der Waals surface area contributed by atoms with E-state index < -0.39 is 0 Å². The summed E-state index contributed by atoms with van der Waals surface area (Å²) in [5.41, 5.74) is 6.61. The van der Waals surface area contributed by atoms with E-state index in [2.05, 4.69) is 4.99 Å². The van der Waals surface area contributed by atoms with Crippen molar-refractivity contribution in [3.05, 3.63) is 24.3 Å². The van der Waals surface area contributed by atoms with Gasteiger partial charge < -0.3 is 10.6 Å². The van der Waals surface area contributed by atoms with Gasteiger partial charge in [0.1, 0.15) is 0 Å². The lowest BCUT2D eigenvalue weighted by molar-refractivity contribution is 0.615. The Balaban J connectivity index is 2.78. The summed E-state index contributed by atoms with van der Waals surface area (Å²) >= 11 is 7.36. The van der Waals surface area contributed by atoms with Gasteiger partial charge in [-0.2, -0.15) is 0 Å². The average Bonchev–Trinajstić information content (AvgIpc) is 2.26. The molecule has 0 aliphatic rings. The van der Waals surface area contributed by atoms with Gasteiger partial charge in [0, 0.05) is 30.6 Å². The number of nitrogens with zero attached hydrogens (tertiary/aromatic N) is 2. The highest BCUT2D eigenvalue weighted by molar-refractivity contribution is 7.99. The first-order valence-corrected chi connectivity index (χ1v) is 6.46. The summed E-state index contributed by atoms with van der Waals surface area (Å²) in [4.78, 5) is 7.24. The third kappa shape index (κ3) is 4.33. The fourth-order valence-electron chi connectivity index (χ4n) is 1.03. The highest BCUT2D eigenvalue weighted by atomic mass is 35.5. The van der Waals surface area contributed by atoms with Gasteiger partial charge in [-0.3, -0.25) is 0 Å². The summed E-state index contributed by atoms with van der Waals surface area (Å²) < 4.78 is 0. The minimum Gasteiger partial charge on any atom is -0.370 e. The molecule has 0 aliphatic carbocycles. The fraction of sp³-hybridized carbons (Fsp3) is 0.364. The molecule has 0 unspecified atom stereocenters. The summed E-state index contributed by atoms with van der Waals surface area (Å²) in [5, 5.41) is 0. The molecule has 16 heavy (non-hydrogen) atoms. The van der Waals surface area contributed by atoms with E-state index in [0.717, 1.165) is 16.3 Å². The Bertz CT molecular complexity index is 366. The summed E-state index contributed by atoms with van der Waals surface area (Å²) in [6.45, 7) is 0. The topological polar surface area (TPSA) is 41.6 Å². The van der Waals surface area contributed by atoms with Gasteiger partial charge in [-0.1, -0.05) is 6.07 Å². The lowest BCUT2D eigenvalue weighted by Crippen LogP contribution is -2.29. The van der Waals surface area contributed by atoms with Gasteiger partial charge in [0.25, 0.3) is 0 Å². The van der Waals surface area contributed by atoms with E-state index in [-0.39, 0.29) is 0 Å². The molecule has 1 aromatic rings. The molecule has 0 saturated heterocycles. The molecule has 5 heteroatoms. The molecule has 0 saturated carbocycles. The minimum atomic E-state index is 0.500. The molecule has 0 radical (unpaired) electrons. The predicted molar refractivity (Wildman–Crippen MR) is 72.9 cm³/mol. The van der Waals surface area contributed by atoms with Crippen molar-refractivity contribution >= 4 is 35.0 Å². The van der Waals surface area contributed by atoms with Crippen molar-refractivity contribution in [1.29, 1.82) is 0 Å². The van der Waals surface area contributed by atoms with Gasteiger partial charge in [-0.05, 0) is 18.2 Å². The molecule has 88 valence electrons. The summed E-state index contributed by atoms with van der Waals surface area (Å²) in [7, 11) is 3.73. The molecule has 0 bridgehead atoms. The maximum absolute atomic E-state index is 5.75. The number of halogens is 1. The monoisotopic (exact) mass is 257 g/mol. The molecule has 0 fully saturated rings. The number of alkyl halides is 1. The SMILES string of the molecule is CN(C)C(N)=Nc1cccc(SCCCl)c1. The second-order valence-corrected chi connectivity index (χ2v) is 4.95. The third-order valence-corrected chi connectivity index (χ3v) is 3.27. The van der Waals surface area contributed by atoms with Crippen LogP contribution in [0.4, 0.5) is 5.69 Å². The van der Waals surface area contributed by atoms with E-state index in [1.807, 2.05) is 38.4 Å². The average molecular weight is 258 g/mol. The summed E-state index contributed by atoms with van der Waals surface area (Å²) in [6.07, 6.45) is 0. The number of rotatable bonds is 4. The maximum Gasteiger partial charge on any atom is 0.195 e. The van der Waals surface area contributed by atoms with Crippen LogP contribution in [0.3, 0.4) is 0 Å². The van der Waals surface area contributed by atoms with Crippen molar-refractivity contribution < 1.29 is 0 Å². The van der Waals surface area contributed by atoms with Crippen LogP contribution >= 0.6 is 23.4 Å². The van der Waals surface area contributed by atoms with E-state index in [1.165, 1.54) is 0 Å². The molecular formula is C11H16ClN3S. The minimum absolute atomic E-state index is 0.500. The highest BCUT2D eigenvalue weighted by Gasteiger charge is 1.98. The Morgan fingerprint density at radius 3 is 2.88 bits per heavy atom. The number of hydrogen-bond donors (Lipinski definition) is 1. The molecule has 0 atom stereocenters. The largest absolute Gasteiger partial charge is 0.370 e. The predicted octanol–water partition coefficient (Wildman–Crippen LogP) is 2.53. The molecule has 2 N–H and O–H groups in total. The van der Waals surface area contributed by atoms with E-state index in [1.54, 1.807) is 16.7 Å². The highest BCUT2D eigenvalue weighted by Crippen LogP contribution is 2.23. The van der Waals surface area contributed by atoms with Crippen LogP contribution in [0.5, 0.6) is 0 Å². The molecule has 0 aromatic heterocycles. The maximum atomic E-state index is 5.75. The number of benzene rings is 1. The smallest absolute Gasteiger partial charge is 0.195 e. The van der Waals surface area contributed by atoms with Gasteiger partial charge in [-0.25, -0.2) is 4.99 Å². The van der Waals surface area contributed by atoms with Gasteiger partial charge in [0.15, 0.2) is 5.96 Å². The number of aliphatic imine (C=N–C) groups is 1. The van der Waals surface area contributed by atoms with Crippen LogP contribution in [-0.4, -0.2) is 36.6 Å². The zero-order chi connectivity index (χ0) is 12.0. The standard InChI is InChI=1S/C11H16ClN3S/c1-15(2)11(13)14-9-4-3-5-10(8-9)16-7-6-12/h3-5,8H,6-7H2,1-2H3,(H2,13,14). The molecule has 0 aliphatic heterocycles. The molecule has 0 amide bonds. The third-order valence-electron chi connectivity index (χ3n) is 1.87. The first-order chi connectivity index (χ1) is 7.63. The summed E-state index contributed by atoms with van der Waals surface area (Å²) in [6, 6.07) is 7.95. The van der Waals surface area contributed by atoms with Crippen molar-refractivity contribution in [1.82, 2.24) is 4.90 Å². The van der Waals surface area contributed by atoms with Crippen LogP contribution < -0.4 is 5.73 Å². The lowest BCUT2D eigenvalue weighted by atomic mass is 10.3. The number of nitrogens with two attached hydrogens (primary N) is 1. The van der Waals surface area contributed by atoms with E-state index in [0.29, 0.717) is 11.8 Å². The molecular weight excluding hydrogens is 242 g/mol. The first-order valence-electron chi connectivity index (χ1n) is 4.94. The van der Waals surface area contributed by atoms with Crippen LogP contribution in [0, 0.1) is 0 Å². The molecule has 1 rings (SSSR count). The zero-order valence-electron chi connectivity index (χ0n) is 9.48. The molecule has 0 heterocycles. The Morgan fingerprint density at radius 1 is 1.50 bits per heavy atom. The Morgan fingerprint density at radius 2 is 2.25 bits per heavy atom. The van der Waals surface area contributed by atoms with Gasteiger partial charge >= 0.3 is 0 Å². The Labute approximate surface area is 106 Å². The summed E-state index contributed by atoms with van der Waals surface area (Å²) in [5.74, 6) is 2.05. The fourth-order valence-corrected chi connectivity index (χ4v) is 1.95. The van der Waals surface area contributed by atoms with E-state index in [9.17, 15) is 0 Å². The van der Waals surface area contributed by atoms with Crippen molar-refractivity contribution in [3.8, 4) is 0 Å². The van der Waals surface area contributed by atoms with Crippen molar-refractivity contribution in [3.63, 3.8) is 0 Å². The van der Waals surface area contributed by atoms with Crippen LogP contribution in [0.15, 0.2) is 34.2 Å². The normalized spacial score (nSPS) is 11.6.